The van der Waals surface area contributed by atoms with Crippen LogP contribution in [0.1, 0.15) is 44.3 Å². The molecule has 0 saturated carbocycles. The molecule has 2 heterocycles. The average Bonchev–Trinajstić information content (AvgIpc) is 2.62. The molecule has 2 aliphatic rings. The zero-order chi connectivity index (χ0) is 16.9. The zero-order valence-electron chi connectivity index (χ0n) is 14.7. The maximum Gasteiger partial charge on any atom is 0.225 e. The fourth-order valence-electron chi connectivity index (χ4n) is 4.04. The van der Waals surface area contributed by atoms with Crippen molar-refractivity contribution < 1.29 is 9.90 Å². The molecule has 2 fully saturated rings. The summed E-state index contributed by atoms with van der Waals surface area (Å²) in [5.41, 5.74) is 0.970. The van der Waals surface area contributed by atoms with Crippen molar-refractivity contribution >= 4 is 5.91 Å². The van der Waals surface area contributed by atoms with Gasteiger partial charge in [-0.2, -0.15) is 0 Å². The van der Waals surface area contributed by atoms with Crippen LogP contribution in [-0.4, -0.2) is 53.5 Å². The highest BCUT2D eigenvalue weighted by Gasteiger charge is 2.30. The highest BCUT2D eigenvalue weighted by atomic mass is 16.3. The lowest BCUT2D eigenvalue weighted by atomic mass is 9.92. The molecule has 4 nitrogen and oxygen atoms in total. The quantitative estimate of drug-likeness (QED) is 0.923. The molecule has 132 valence electrons. The van der Waals surface area contributed by atoms with Crippen LogP contribution >= 0.6 is 0 Å². The van der Waals surface area contributed by atoms with E-state index in [1.54, 1.807) is 0 Å². The first-order valence-electron chi connectivity index (χ1n) is 9.37. The third-order valence-corrected chi connectivity index (χ3v) is 5.52. The predicted molar refractivity (Wildman–Crippen MR) is 95.5 cm³/mol. The van der Waals surface area contributed by atoms with Crippen molar-refractivity contribution in [2.24, 2.45) is 11.8 Å². The summed E-state index contributed by atoms with van der Waals surface area (Å²) in [5.74, 6) is 1.19. The number of β-amino-alcohol motifs (C(OH)–C–C–N with tert-alkyl or cyclic N) is 1. The van der Waals surface area contributed by atoms with Gasteiger partial charge in [0.1, 0.15) is 0 Å². The molecule has 2 aliphatic heterocycles. The van der Waals surface area contributed by atoms with Crippen molar-refractivity contribution in [1.29, 1.82) is 0 Å². The molecule has 0 aliphatic carbocycles. The minimum absolute atomic E-state index is 0.181. The third kappa shape index (κ3) is 4.37. The lowest BCUT2D eigenvalue weighted by Gasteiger charge is -2.37. The van der Waals surface area contributed by atoms with Gasteiger partial charge in [-0.1, -0.05) is 37.3 Å². The topological polar surface area (TPSA) is 43.8 Å². The van der Waals surface area contributed by atoms with Crippen LogP contribution in [-0.2, 0) is 4.79 Å². The fourth-order valence-corrected chi connectivity index (χ4v) is 4.04. The summed E-state index contributed by atoms with van der Waals surface area (Å²) < 4.78 is 0. The van der Waals surface area contributed by atoms with Crippen molar-refractivity contribution in [3.63, 3.8) is 0 Å². The van der Waals surface area contributed by atoms with Gasteiger partial charge in [-0.15, -0.1) is 0 Å². The highest BCUT2D eigenvalue weighted by Crippen LogP contribution is 2.25. The Kier molecular flexibility index (Phi) is 5.90. The van der Waals surface area contributed by atoms with E-state index < -0.39 is 6.10 Å². The van der Waals surface area contributed by atoms with Crippen molar-refractivity contribution in [3.8, 4) is 0 Å². The number of rotatable bonds is 4. The Bertz CT molecular complexity index is 526. The summed E-state index contributed by atoms with van der Waals surface area (Å²) in [6.45, 7) is 6.59. The van der Waals surface area contributed by atoms with Crippen LogP contribution in [0.3, 0.4) is 0 Å². The summed E-state index contributed by atoms with van der Waals surface area (Å²) in [6, 6.07) is 9.83. The van der Waals surface area contributed by atoms with Gasteiger partial charge >= 0.3 is 0 Å². The number of likely N-dealkylation sites (tertiary alicyclic amines) is 2. The molecule has 3 rings (SSSR count). The van der Waals surface area contributed by atoms with Crippen molar-refractivity contribution in [3.05, 3.63) is 35.9 Å². The highest BCUT2D eigenvalue weighted by molar-refractivity contribution is 5.79. The van der Waals surface area contributed by atoms with E-state index in [1.165, 1.54) is 6.42 Å². The Morgan fingerprint density at radius 2 is 1.88 bits per heavy atom. The molecule has 2 saturated heterocycles. The molecule has 1 N–H and O–H groups in total. The first-order chi connectivity index (χ1) is 11.6. The SMILES string of the molecule is CC1CCCN(C(=O)C2CCN(CC(O)c3ccccc3)CC2)C1. The minimum Gasteiger partial charge on any atom is -0.387 e. The number of amides is 1. The van der Waals surface area contributed by atoms with Crippen LogP contribution in [0.5, 0.6) is 0 Å². The number of aliphatic hydroxyl groups is 1. The van der Waals surface area contributed by atoms with Gasteiger partial charge in [0.05, 0.1) is 6.10 Å². The number of carbonyl (C=O) groups excluding carboxylic acids is 1. The molecule has 1 amide bonds. The van der Waals surface area contributed by atoms with Gasteiger partial charge in [-0.25, -0.2) is 0 Å². The summed E-state index contributed by atoms with van der Waals surface area (Å²) in [4.78, 5) is 17.1. The maximum atomic E-state index is 12.7. The first-order valence-corrected chi connectivity index (χ1v) is 9.37. The smallest absolute Gasteiger partial charge is 0.225 e. The van der Waals surface area contributed by atoms with Gasteiger partial charge in [0, 0.05) is 25.6 Å². The van der Waals surface area contributed by atoms with E-state index in [0.29, 0.717) is 18.4 Å². The van der Waals surface area contributed by atoms with Crippen LogP contribution in [0.15, 0.2) is 30.3 Å². The first kappa shape index (κ1) is 17.4. The number of carbonyl (C=O) groups is 1. The fraction of sp³-hybridized carbons (Fsp3) is 0.650. The lowest BCUT2D eigenvalue weighted by Crippen LogP contribution is -2.46. The zero-order valence-corrected chi connectivity index (χ0v) is 14.7. The van der Waals surface area contributed by atoms with Gasteiger partial charge in [-0.05, 0) is 50.3 Å². The monoisotopic (exact) mass is 330 g/mol. The van der Waals surface area contributed by atoms with E-state index >= 15 is 0 Å². The molecular weight excluding hydrogens is 300 g/mol. The Morgan fingerprint density at radius 1 is 1.17 bits per heavy atom. The van der Waals surface area contributed by atoms with Gasteiger partial charge < -0.3 is 14.9 Å². The van der Waals surface area contributed by atoms with E-state index in [1.807, 2.05) is 30.3 Å². The Morgan fingerprint density at radius 3 is 2.54 bits per heavy atom. The number of hydrogen-bond donors (Lipinski definition) is 1. The van der Waals surface area contributed by atoms with Crippen LogP contribution in [0.25, 0.3) is 0 Å². The molecular formula is C20H30N2O2. The van der Waals surface area contributed by atoms with Gasteiger partial charge in [0.15, 0.2) is 0 Å². The van der Waals surface area contributed by atoms with Crippen molar-refractivity contribution in [1.82, 2.24) is 9.80 Å². The summed E-state index contributed by atoms with van der Waals surface area (Å²) in [6.07, 6.45) is 3.80. The molecule has 0 spiro atoms. The van der Waals surface area contributed by atoms with E-state index in [-0.39, 0.29) is 5.92 Å². The standard InChI is InChI=1S/C20H30N2O2/c1-16-6-5-11-22(14-16)20(24)18-9-12-21(13-10-18)15-19(23)17-7-3-2-4-8-17/h2-4,7-8,16,18-19,23H,5-6,9-15H2,1H3. The lowest BCUT2D eigenvalue weighted by molar-refractivity contribution is -0.138. The molecule has 4 heteroatoms. The van der Waals surface area contributed by atoms with E-state index in [0.717, 1.165) is 51.0 Å². The number of hydrogen-bond acceptors (Lipinski definition) is 3. The van der Waals surface area contributed by atoms with E-state index in [2.05, 4.69) is 16.7 Å². The Balaban J connectivity index is 1.46. The number of aliphatic hydroxyl groups excluding tert-OH is 1. The third-order valence-electron chi connectivity index (χ3n) is 5.52. The maximum absolute atomic E-state index is 12.7. The van der Waals surface area contributed by atoms with Crippen LogP contribution in [0.2, 0.25) is 0 Å². The molecule has 1 aromatic carbocycles. The summed E-state index contributed by atoms with van der Waals surface area (Å²) >= 11 is 0. The van der Waals surface area contributed by atoms with Crippen LogP contribution < -0.4 is 0 Å². The van der Waals surface area contributed by atoms with Crippen molar-refractivity contribution in [2.75, 3.05) is 32.7 Å². The van der Waals surface area contributed by atoms with Crippen molar-refractivity contribution in [2.45, 2.75) is 38.7 Å². The van der Waals surface area contributed by atoms with E-state index in [9.17, 15) is 9.90 Å². The minimum atomic E-state index is -0.443. The molecule has 0 radical (unpaired) electrons. The molecule has 24 heavy (non-hydrogen) atoms. The largest absolute Gasteiger partial charge is 0.387 e. The van der Waals surface area contributed by atoms with Crippen LogP contribution in [0, 0.1) is 11.8 Å². The Labute approximate surface area is 145 Å². The Hall–Kier alpha value is -1.39. The normalized spacial score (nSPS) is 24.8. The molecule has 2 unspecified atom stereocenters. The predicted octanol–water partition coefficient (Wildman–Crippen LogP) is 2.69. The van der Waals surface area contributed by atoms with Gasteiger partial charge in [0.25, 0.3) is 0 Å². The molecule has 2 atom stereocenters. The summed E-state index contributed by atoms with van der Waals surface area (Å²) in [7, 11) is 0. The number of benzene rings is 1. The second-order valence-electron chi connectivity index (χ2n) is 7.53. The second-order valence-corrected chi connectivity index (χ2v) is 7.53. The number of nitrogens with zero attached hydrogens (tertiary/aromatic N) is 2. The molecule has 1 aromatic rings. The summed E-state index contributed by atoms with van der Waals surface area (Å²) in [5, 5.41) is 10.4. The molecule has 0 aromatic heterocycles. The van der Waals surface area contributed by atoms with Crippen LogP contribution in [0.4, 0.5) is 0 Å². The molecule has 0 bridgehead atoms. The van der Waals surface area contributed by atoms with Gasteiger partial charge in [0.2, 0.25) is 5.91 Å². The number of piperidine rings is 2. The van der Waals surface area contributed by atoms with E-state index in [4.69, 9.17) is 0 Å². The second kappa shape index (κ2) is 8.13. The van der Waals surface area contributed by atoms with Gasteiger partial charge in [-0.3, -0.25) is 4.79 Å². The average molecular weight is 330 g/mol.